The summed E-state index contributed by atoms with van der Waals surface area (Å²) < 4.78 is 26.9. The summed E-state index contributed by atoms with van der Waals surface area (Å²) in [6.45, 7) is 3.83. The Kier molecular flexibility index (Phi) is 4.27. The lowest BCUT2D eigenvalue weighted by atomic mass is 10.0. The van der Waals surface area contributed by atoms with Gasteiger partial charge in [0, 0.05) is 17.6 Å². The molecular formula is C16H17F2N. The van der Waals surface area contributed by atoms with Crippen LogP contribution in [0.1, 0.15) is 37.1 Å². The predicted octanol–water partition coefficient (Wildman–Crippen LogP) is 4.38. The van der Waals surface area contributed by atoms with E-state index in [0.29, 0.717) is 5.56 Å². The summed E-state index contributed by atoms with van der Waals surface area (Å²) in [4.78, 5) is 0. The molecule has 2 atom stereocenters. The number of halogens is 2. The van der Waals surface area contributed by atoms with Gasteiger partial charge < -0.3 is 5.32 Å². The highest BCUT2D eigenvalue weighted by Gasteiger charge is 2.16. The number of hydrogen-bond acceptors (Lipinski definition) is 1. The molecule has 2 aromatic carbocycles. The summed E-state index contributed by atoms with van der Waals surface area (Å²) in [5.74, 6) is -1.58. The molecule has 0 aliphatic carbocycles. The molecule has 0 aliphatic rings. The van der Waals surface area contributed by atoms with Crippen molar-refractivity contribution in [1.29, 1.82) is 0 Å². The van der Waals surface area contributed by atoms with Crippen LogP contribution in [-0.4, -0.2) is 0 Å². The minimum Gasteiger partial charge on any atom is -0.304 e. The quantitative estimate of drug-likeness (QED) is 0.861. The van der Waals surface area contributed by atoms with E-state index in [1.807, 2.05) is 44.2 Å². The fraction of sp³-hybridized carbons (Fsp3) is 0.250. The van der Waals surface area contributed by atoms with Crippen LogP contribution in [0.25, 0.3) is 0 Å². The minimum absolute atomic E-state index is 0.0684. The maximum atomic E-state index is 13.7. The van der Waals surface area contributed by atoms with Gasteiger partial charge in [-0.15, -0.1) is 0 Å². The Labute approximate surface area is 112 Å². The first-order chi connectivity index (χ1) is 9.09. The first-order valence-electron chi connectivity index (χ1n) is 6.34. The molecule has 0 aliphatic heterocycles. The Bertz CT molecular complexity index is 540. The molecule has 2 rings (SSSR count). The van der Waals surface area contributed by atoms with Gasteiger partial charge in [0.1, 0.15) is 0 Å². The summed E-state index contributed by atoms with van der Waals surface area (Å²) in [6, 6.07) is 14.0. The normalized spacial score (nSPS) is 14.1. The smallest absolute Gasteiger partial charge is 0.163 e. The maximum Gasteiger partial charge on any atom is 0.163 e. The molecule has 2 unspecified atom stereocenters. The minimum atomic E-state index is -0.807. The fourth-order valence-corrected chi connectivity index (χ4v) is 2.16. The highest BCUT2D eigenvalue weighted by molar-refractivity contribution is 5.23. The van der Waals surface area contributed by atoms with Crippen molar-refractivity contribution in [2.75, 3.05) is 0 Å². The summed E-state index contributed by atoms with van der Waals surface area (Å²) in [6.07, 6.45) is 0. The summed E-state index contributed by atoms with van der Waals surface area (Å²) >= 11 is 0. The van der Waals surface area contributed by atoms with Gasteiger partial charge in [0.15, 0.2) is 11.6 Å². The van der Waals surface area contributed by atoms with Gasteiger partial charge in [-0.25, -0.2) is 8.78 Å². The molecule has 0 heterocycles. The van der Waals surface area contributed by atoms with Gasteiger partial charge in [-0.05, 0) is 25.5 Å². The molecule has 1 N–H and O–H groups in total. The third-order valence-corrected chi connectivity index (χ3v) is 3.25. The number of rotatable bonds is 4. The van der Waals surface area contributed by atoms with E-state index < -0.39 is 11.6 Å². The first kappa shape index (κ1) is 13.7. The zero-order valence-electron chi connectivity index (χ0n) is 11.0. The summed E-state index contributed by atoms with van der Waals surface area (Å²) in [7, 11) is 0. The third kappa shape index (κ3) is 3.18. The predicted molar refractivity (Wildman–Crippen MR) is 72.8 cm³/mol. The van der Waals surface area contributed by atoms with Crippen LogP contribution in [0.5, 0.6) is 0 Å². The van der Waals surface area contributed by atoms with Crippen LogP contribution < -0.4 is 5.32 Å². The maximum absolute atomic E-state index is 13.7. The van der Waals surface area contributed by atoms with E-state index in [0.717, 1.165) is 11.6 Å². The Hall–Kier alpha value is -1.74. The SMILES string of the molecule is CC(NC(C)c1cccc(F)c1F)c1ccccc1. The van der Waals surface area contributed by atoms with Crippen molar-refractivity contribution in [1.82, 2.24) is 5.32 Å². The zero-order chi connectivity index (χ0) is 13.8. The number of hydrogen-bond donors (Lipinski definition) is 1. The topological polar surface area (TPSA) is 12.0 Å². The lowest BCUT2D eigenvalue weighted by Gasteiger charge is -2.21. The molecule has 0 bridgehead atoms. The van der Waals surface area contributed by atoms with Crippen molar-refractivity contribution in [3.05, 3.63) is 71.3 Å². The fourth-order valence-electron chi connectivity index (χ4n) is 2.16. The van der Waals surface area contributed by atoms with Crippen LogP contribution in [-0.2, 0) is 0 Å². The molecule has 0 amide bonds. The number of nitrogens with one attached hydrogen (secondary N) is 1. The van der Waals surface area contributed by atoms with E-state index in [4.69, 9.17) is 0 Å². The molecule has 0 radical (unpaired) electrons. The molecule has 0 fully saturated rings. The van der Waals surface area contributed by atoms with E-state index in [9.17, 15) is 8.78 Å². The van der Waals surface area contributed by atoms with Crippen LogP contribution >= 0.6 is 0 Å². The van der Waals surface area contributed by atoms with E-state index in [-0.39, 0.29) is 12.1 Å². The second-order valence-electron chi connectivity index (χ2n) is 4.66. The molecular weight excluding hydrogens is 244 g/mol. The second kappa shape index (κ2) is 5.93. The van der Waals surface area contributed by atoms with E-state index >= 15 is 0 Å². The van der Waals surface area contributed by atoms with Crippen LogP contribution in [0.15, 0.2) is 48.5 Å². The molecule has 0 aromatic heterocycles. The molecule has 2 aromatic rings. The molecule has 1 nitrogen and oxygen atoms in total. The third-order valence-electron chi connectivity index (χ3n) is 3.25. The number of benzene rings is 2. The van der Waals surface area contributed by atoms with E-state index in [2.05, 4.69) is 5.32 Å². The molecule has 0 spiro atoms. The van der Waals surface area contributed by atoms with Crippen LogP contribution in [0.4, 0.5) is 8.78 Å². The molecule has 3 heteroatoms. The molecule has 0 saturated carbocycles. The van der Waals surface area contributed by atoms with Gasteiger partial charge in [0.2, 0.25) is 0 Å². The standard InChI is InChI=1S/C16H17F2N/c1-11(13-7-4-3-5-8-13)19-12(2)14-9-6-10-15(17)16(14)18/h3-12,19H,1-2H3. The van der Waals surface area contributed by atoms with Gasteiger partial charge in [-0.3, -0.25) is 0 Å². The van der Waals surface area contributed by atoms with Crippen molar-refractivity contribution < 1.29 is 8.78 Å². The second-order valence-corrected chi connectivity index (χ2v) is 4.66. The van der Waals surface area contributed by atoms with Crippen LogP contribution in [0.2, 0.25) is 0 Å². The Morgan fingerprint density at radius 2 is 1.53 bits per heavy atom. The van der Waals surface area contributed by atoms with Gasteiger partial charge in [0.25, 0.3) is 0 Å². The Balaban J connectivity index is 2.13. The van der Waals surface area contributed by atoms with E-state index in [1.165, 1.54) is 6.07 Å². The van der Waals surface area contributed by atoms with Gasteiger partial charge in [-0.1, -0.05) is 42.5 Å². The molecule has 100 valence electrons. The van der Waals surface area contributed by atoms with Crippen molar-refractivity contribution in [2.45, 2.75) is 25.9 Å². The Morgan fingerprint density at radius 1 is 0.842 bits per heavy atom. The van der Waals surface area contributed by atoms with Gasteiger partial charge >= 0.3 is 0 Å². The van der Waals surface area contributed by atoms with Gasteiger partial charge in [0.05, 0.1) is 0 Å². The van der Waals surface area contributed by atoms with Crippen molar-refractivity contribution in [2.24, 2.45) is 0 Å². The summed E-state index contributed by atoms with van der Waals surface area (Å²) in [5, 5.41) is 3.27. The van der Waals surface area contributed by atoms with Crippen molar-refractivity contribution in [3.8, 4) is 0 Å². The lowest BCUT2D eigenvalue weighted by Crippen LogP contribution is -2.23. The largest absolute Gasteiger partial charge is 0.304 e. The van der Waals surface area contributed by atoms with E-state index in [1.54, 1.807) is 6.07 Å². The molecule has 19 heavy (non-hydrogen) atoms. The van der Waals surface area contributed by atoms with Crippen LogP contribution in [0.3, 0.4) is 0 Å². The highest BCUT2D eigenvalue weighted by atomic mass is 19.2. The monoisotopic (exact) mass is 261 g/mol. The highest BCUT2D eigenvalue weighted by Crippen LogP contribution is 2.22. The zero-order valence-corrected chi connectivity index (χ0v) is 11.0. The molecule has 0 saturated heterocycles. The van der Waals surface area contributed by atoms with Crippen molar-refractivity contribution in [3.63, 3.8) is 0 Å². The summed E-state index contributed by atoms with van der Waals surface area (Å²) in [5.41, 5.74) is 1.47. The lowest BCUT2D eigenvalue weighted by molar-refractivity contribution is 0.449. The average Bonchev–Trinajstić information content (AvgIpc) is 2.42. The van der Waals surface area contributed by atoms with Crippen molar-refractivity contribution >= 4 is 0 Å². The average molecular weight is 261 g/mol. The Morgan fingerprint density at radius 3 is 2.21 bits per heavy atom. The first-order valence-corrected chi connectivity index (χ1v) is 6.34. The van der Waals surface area contributed by atoms with Crippen LogP contribution in [0, 0.1) is 11.6 Å². The van der Waals surface area contributed by atoms with Gasteiger partial charge in [-0.2, -0.15) is 0 Å².